The predicted octanol–water partition coefficient (Wildman–Crippen LogP) is 4.57. The molecule has 22 heavy (non-hydrogen) atoms. The van der Waals surface area contributed by atoms with Gasteiger partial charge in [0.25, 0.3) is 0 Å². The first kappa shape index (κ1) is 16.0. The van der Waals surface area contributed by atoms with Crippen molar-refractivity contribution in [3.05, 3.63) is 47.7 Å². The Balaban J connectivity index is 1.96. The molecule has 1 heterocycles. The van der Waals surface area contributed by atoms with Crippen LogP contribution < -0.4 is 10.6 Å². The van der Waals surface area contributed by atoms with E-state index in [1.54, 1.807) is 6.20 Å². The van der Waals surface area contributed by atoms with Gasteiger partial charge in [-0.15, -0.1) is 0 Å². The molecule has 0 fully saturated rings. The molecule has 0 radical (unpaired) electrons. The summed E-state index contributed by atoms with van der Waals surface area (Å²) in [5.41, 5.74) is 4.45. The number of unbranched alkanes of at least 4 members (excludes halogenated alkanes) is 1. The first-order chi connectivity index (χ1) is 10.6. The number of rotatable bonds is 6. The lowest BCUT2D eigenvalue weighted by Crippen LogP contribution is -2.12. The molecule has 2 rings (SSSR count). The molecule has 0 aliphatic carbocycles. The van der Waals surface area contributed by atoms with Crippen molar-refractivity contribution in [2.45, 2.75) is 40.0 Å². The summed E-state index contributed by atoms with van der Waals surface area (Å²) in [5, 5.41) is 6.12. The Morgan fingerprint density at radius 2 is 1.86 bits per heavy atom. The summed E-state index contributed by atoms with van der Waals surface area (Å²) in [5.74, 6) is 0.607. The minimum Gasteiger partial charge on any atom is -0.354 e. The highest BCUT2D eigenvalue weighted by molar-refractivity contribution is 5.89. The molecule has 2 N–H and O–H groups in total. The van der Waals surface area contributed by atoms with Crippen LogP contribution >= 0.6 is 0 Å². The van der Waals surface area contributed by atoms with Gasteiger partial charge in [0.15, 0.2) is 0 Å². The zero-order valence-electron chi connectivity index (χ0n) is 13.4. The van der Waals surface area contributed by atoms with Crippen LogP contribution in [0.3, 0.4) is 0 Å². The van der Waals surface area contributed by atoms with Crippen LogP contribution in [0.25, 0.3) is 0 Å². The van der Waals surface area contributed by atoms with E-state index in [1.165, 1.54) is 11.1 Å². The first-order valence-corrected chi connectivity index (χ1v) is 7.68. The minimum atomic E-state index is 0.0178. The van der Waals surface area contributed by atoms with Crippen LogP contribution in [0.5, 0.6) is 0 Å². The highest BCUT2D eigenvalue weighted by Crippen LogP contribution is 2.20. The number of benzene rings is 1. The van der Waals surface area contributed by atoms with Crippen LogP contribution in [0.1, 0.15) is 37.3 Å². The molecular weight excluding hydrogens is 274 g/mol. The third-order valence-corrected chi connectivity index (χ3v) is 3.58. The minimum absolute atomic E-state index is 0.0178. The fourth-order valence-corrected chi connectivity index (χ4v) is 2.07. The van der Waals surface area contributed by atoms with Crippen LogP contribution in [0.2, 0.25) is 0 Å². The number of nitrogens with zero attached hydrogens (tertiary/aromatic N) is 1. The van der Waals surface area contributed by atoms with Gasteiger partial charge < -0.3 is 10.6 Å². The lowest BCUT2D eigenvalue weighted by molar-refractivity contribution is -0.116. The average molecular weight is 297 g/mol. The Morgan fingerprint density at radius 3 is 2.50 bits per heavy atom. The summed E-state index contributed by atoms with van der Waals surface area (Å²) in [7, 11) is 0. The van der Waals surface area contributed by atoms with Gasteiger partial charge in [0.2, 0.25) is 5.91 Å². The Bertz CT molecular complexity index is 635. The second-order valence-corrected chi connectivity index (χ2v) is 5.51. The summed E-state index contributed by atoms with van der Waals surface area (Å²) in [6.45, 7) is 6.25. The molecule has 2 aromatic rings. The Hall–Kier alpha value is -2.36. The molecule has 0 aliphatic rings. The Kier molecular flexibility index (Phi) is 5.53. The predicted molar refractivity (Wildman–Crippen MR) is 91.6 cm³/mol. The Morgan fingerprint density at radius 1 is 1.09 bits per heavy atom. The standard InChI is InChI=1S/C18H23N3O/c1-4-5-6-18(22)21-17-10-9-16(12-19-17)20-15-8-7-13(2)14(3)11-15/h7-12,20H,4-6H2,1-3H3,(H,19,21,22). The summed E-state index contributed by atoms with van der Waals surface area (Å²) in [6.07, 6.45) is 4.18. The quantitative estimate of drug-likeness (QED) is 0.821. The number of hydrogen-bond acceptors (Lipinski definition) is 3. The van der Waals surface area contributed by atoms with E-state index in [0.29, 0.717) is 12.2 Å². The second kappa shape index (κ2) is 7.59. The largest absolute Gasteiger partial charge is 0.354 e. The van der Waals surface area contributed by atoms with Crippen molar-refractivity contribution in [1.29, 1.82) is 0 Å². The molecule has 0 saturated heterocycles. The van der Waals surface area contributed by atoms with Crippen molar-refractivity contribution in [2.24, 2.45) is 0 Å². The molecule has 0 aliphatic heterocycles. The number of aryl methyl sites for hydroxylation is 2. The maximum Gasteiger partial charge on any atom is 0.225 e. The van der Waals surface area contributed by atoms with Gasteiger partial charge in [-0.25, -0.2) is 4.98 Å². The van der Waals surface area contributed by atoms with E-state index in [9.17, 15) is 4.79 Å². The number of hydrogen-bond donors (Lipinski definition) is 2. The molecule has 1 aromatic carbocycles. The summed E-state index contributed by atoms with van der Waals surface area (Å²) in [4.78, 5) is 15.9. The van der Waals surface area contributed by atoms with Crippen LogP contribution in [-0.2, 0) is 4.79 Å². The van der Waals surface area contributed by atoms with Gasteiger partial charge in [0.1, 0.15) is 5.82 Å². The maximum absolute atomic E-state index is 11.6. The van der Waals surface area contributed by atoms with E-state index in [4.69, 9.17) is 0 Å². The van der Waals surface area contributed by atoms with E-state index in [-0.39, 0.29) is 5.91 Å². The van der Waals surface area contributed by atoms with E-state index >= 15 is 0 Å². The number of carbonyl (C=O) groups is 1. The molecule has 0 bridgehead atoms. The maximum atomic E-state index is 11.6. The fraction of sp³-hybridized carbons (Fsp3) is 0.333. The molecule has 1 amide bonds. The summed E-state index contributed by atoms with van der Waals surface area (Å²) in [6, 6.07) is 9.97. The smallest absolute Gasteiger partial charge is 0.225 e. The van der Waals surface area contributed by atoms with Gasteiger partial charge in [-0.3, -0.25) is 4.79 Å². The van der Waals surface area contributed by atoms with Gasteiger partial charge in [-0.1, -0.05) is 19.4 Å². The van der Waals surface area contributed by atoms with E-state index < -0.39 is 0 Å². The van der Waals surface area contributed by atoms with E-state index in [1.807, 2.05) is 18.2 Å². The topological polar surface area (TPSA) is 54.0 Å². The van der Waals surface area contributed by atoms with E-state index in [0.717, 1.165) is 24.2 Å². The number of nitrogens with one attached hydrogen (secondary N) is 2. The summed E-state index contributed by atoms with van der Waals surface area (Å²) < 4.78 is 0. The number of amides is 1. The molecule has 116 valence electrons. The normalized spacial score (nSPS) is 10.3. The lowest BCUT2D eigenvalue weighted by Gasteiger charge is -2.09. The van der Waals surface area contributed by atoms with Crippen molar-refractivity contribution in [3.8, 4) is 0 Å². The van der Waals surface area contributed by atoms with Gasteiger partial charge in [-0.05, 0) is 55.7 Å². The van der Waals surface area contributed by atoms with E-state index in [2.05, 4.69) is 48.5 Å². The highest BCUT2D eigenvalue weighted by Gasteiger charge is 2.03. The first-order valence-electron chi connectivity index (χ1n) is 7.68. The van der Waals surface area contributed by atoms with Crippen molar-refractivity contribution in [1.82, 2.24) is 4.98 Å². The van der Waals surface area contributed by atoms with Crippen molar-refractivity contribution >= 4 is 23.1 Å². The number of aromatic nitrogens is 1. The number of anilines is 3. The van der Waals surface area contributed by atoms with Gasteiger partial charge in [0, 0.05) is 12.1 Å². The van der Waals surface area contributed by atoms with Crippen molar-refractivity contribution in [2.75, 3.05) is 10.6 Å². The van der Waals surface area contributed by atoms with Crippen molar-refractivity contribution < 1.29 is 4.79 Å². The third kappa shape index (κ3) is 4.58. The fourth-order valence-electron chi connectivity index (χ4n) is 2.07. The molecule has 1 aromatic heterocycles. The molecule has 0 unspecified atom stereocenters. The highest BCUT2D eigenvalue weighted by atomic mass is 16.1. The lowest BCUT2D eigenvalue weighted by atomic mass is 10.1. The van der Waals surface area contributed by atoms with Crippen LogP contribution in [0.15, 0.2) is 36.5 Å². The van der Waals surface area contributed by atoms with Gasteiger partial charge in [0.05, 0.1) is 11.9 Å². The molecule has 0 spiro atoms. The van der Waals surface area contributed by atoms with Crippen LogP contribution in [-0.4, -0.2) is 10.9 Å². The third-order valence-electron chi connectivity index (χ3n) is 3.58. The SMILES string of the molecule is CCCCC(=O)Nc1ccc(Nc2ccc(C)c(C)c2)cn1. The number of carbonyl (C=O) groups excluding carboxylic acids is 1. The zero-order chi connectivity index (χ0) is 15.9. The molecule has 4 heteroatoms. The number of pyridine rings is 1. The van der Waals surface area contributed by atoms with Gasteiger partial charge in [-0.2, -0.15) is 0 Å². The van der Waals surface area contributed by atoms with Crippen molar-refractivity contribution in [3.63, 3.8) is 0 Å². The van der Waals surface area contributed by atoms with Crippen LogP contribution in [0.4, 0.5) is 17.2 Å². The average Bonchev–Trinajstić information content (AvgIpc) is 2.51. The zero-order valence-corrected chi connectivity index (χ0v) is 13.4. The molecular formula is C18H23N3O. The molecule has 0 atom stereocenters. The monoisotopic (exact) mass is 297 g/mol. The molecule has 4 nitrogen and oxygen atoms in total. The summed E-state index contributed by atoms with van der Waals surface area (Å²) >= 11 is 0. The second-order valence-electron chi connectivity index (χ2n) is 5.51. The molecule has 0 saturated carbocycles. The Labute approximate surface area is 132 Å². The van der Waals surface area contributed by atoms with Gasteiger partial charge >= 0.3 is 0 Å². The van der Waals surface area contributed by atoms with Crippen LogP contribution in [0, 0.1) is 13.8 Å².